The number of fused-ring (bicyclic) bond motifs is 2. The van der Waals surface area contributed by atoms with Crippen LogP contribution in [0, 0.1) is 0 Å². The summed E-state index contributed by atoms with van der Waals surface area (Å²) in [6.45, 7) is 0. The van der Waals surface area contributed by atoms with Crippen LogP contribution in [0.2, 0.25) is 0 Å². The fourth-order valence-corrected chi connectivity index (χ4v) is 9.05. The Morgan fingerprint density at radius 3 is 1.36 bits per heavy atom. The van der Waals surface area contributed by atoms with E-state index < -0.39 is 20.9 Å². The third-order valence-electron chi connectivity index (χ3n) is 3.34. The summed E-state index contributed by atoms with van der Waals surface area (Å²) >= 11 is -0.225. The Balaban J connectivity index is 2.05. The quantitative estimate of drug-likeness (QED) is 0.467. The first-order valence-electron chi connectivity index (χ1n) is 6.58. The molecule has 1 heterocycles. The zero-order chi connectivity index (χ0) is 15.7. The molecule has 0 unspecified atom stereocenters. The summed E-state index contributed by atoms with van der Waals surface area (Å²) in [5.41, 5.74) is 0. The first-order valence-corrected chi connectivity index (χ1v) is 10.6. The minimum absolute atomic E-state index is 0.243. The third kappa shape index (κ3) is 2.77. The summed E-state index contributed by atoms with van der Waals surface area (Å²) in [6.07, 6.45) is 0. The van der Waals surface area contributed by atoms with Gasteiger partial charge in [-0.15, -0.1) is 0 Å². The van der Waals surface area contributed by atoms with Crippen LogP contribution in [0.5, 0.6) is 23.0 Å². The van der Waals surface area contributed by atoms with Gasteiger partial charge < -0.3 is 0 Å². The molecule has 0 N–H and O–H groups in total. The number of hydrogen-bond acceptors (Lipinski definition) is 4. The van der Waals surface area contributed by atoms with Gasteiger partial charge in [-0.3, -0.25) is 0 Å². The molecule has 1 aliphatic heterocycles. The van der Waals surface area contributed by atoms with Gasteiger partial charge in [0.2, 0.25) is 0 Å². The number of methoxy groups -OCH3 is 4. The molecule has 0 saturated carbocycles. The number of benzene rings is 2. The fourth-order valence-electron chi connectivity index (χ4n) is 2.24. The van der Waals surface area contributed by atoms with Gasteiger partial charge in [0, 0.05) is 0 Å². The van der Waals surface area contributed by atoms with Crippen molar-refractivity contribution in [2.24, 2.45) is 0 Å². The summed E-state index contributed by atoms with van der Waals surface area (Å²) in [4.78, 5) is 0. The molecule has 0 aliphatic carbocycles. The number of rotatable bonds is 4. The molecule has 4 nitrogen and oxygen atoms in total. The second kappa shape index (κ2) is 6.60. The molecule has 3 rings (SSSR count). The Labute approximate surface area is 146 Å². The molecule has 6 heteroatoms. The van der Waals surface area contributed by atoms with E-state index in [1.165, 1.54) is 16.1 Å². The van der Waals surface area contributed by atoms with E-state index in [4.69, 9.17) is 18.9 Å². The molecule has 0 amide bonds. The second-order valence-corrected chi connectivity index (χ2v) is 9.88. The minimum atomic E-state index is -0.468. The van der Waals surface area contributed by atoms with Gasteiger partial charge in [-0.25, -0.2) is 0 Å². The van der Waals surface area contributed by atoms with E-state index in [1.807, 2.05) is 0 Å². The van der Waals surface area contributed by atoms with Crippen molar-refractivity contribution < 1.29 is 18.9 Å². The van der Waals surface area contributed by atoms with Crippen molar-refractivity contribution in [1.82, 2.24) is 0 Å². The van der Waals surface area contributed by atoms with Crippen LogP contribution in [-0.4, -0.2) is 64.3 Å². The van der Waals surface area contributed by atoms with Crippen molar-refractivity contribution in [2.75, 3.05) is 28.4 Å². The molecule has 22 heavy (non-hydrogen) atoms. The van der Waals surface area contributed by atoms with Gasteiger partial charge in [0.15, 0.2) is 0 Å². The van der Waals surface area contributed by atoms with Crippen molar-refractivity contribution in [3.05, 3.63) is 24.3 Å². The maximum atomic E-state index is 5.43. The Bertz CT molecular complexity index is 598. The average molecular weight is 479 g/mol. The molecule has 1 aliphatic rings. The Kier molecular flexibility index (Phi) is 4.75. The summed E-state index contributed by atoms with van der Waals surface area (Å²) in [5.74, 6) is 3.23. The summed E-state index contributed by atoms with van der Waals surface area (Å²) in [7, 11) is 6.72. The van der Waals surface area contributed by atoms with E-state index in [-0.39, 0.29) is 15.0 Å². The van der Waals surface area contributed by atoms with E-state index >= 15 is 0 Å². The van der Waals surface area contributed by atoms with E-state index in [0.717, 1.165) is 23.0 Å². The van der Waals surface area contributed by atoms with E-state index in [2.05, 4.69) is 24.3 Å². The van der Waals surface area contributed by atoms with Crippen molar-refractivity contribution in [3.63, 3.8) is 0 Å². The SMILES string of the molecule is COc1cc2c(cc1OC)[Te]c1cc(OC)c(OC)cc1[Se]2. The molecule has 0 aromatic heterocycles. The predicted molar refractivity (Wildman–Crippen MR) is 89.1 cm³/mol. The molecule has 2 aromatic rings. The van der Waals surface area contributed by atoms with Gasteiger partial charge in [0.1, 0.15) is 0 Å². The topological polar surface area (TPSA) is 36.9 Å². The van der Waals surface area contributed by atoms with Crippen LogP contribution in [0.25, 0.3) is 0 Å². The standard InChI is InChI=1S/C16H16O4SeTe/c1-17-9-5-13-15(7-11(9)19-3)22-16-8-12(20-4)10(18-2)6-14(16)21-13/h5-8H,1-4H3. The van der Waals surface area contributed by atoms with Crippen LogP contribution in [0.1, 0.15) is 0 Å². The summed E-state index contributed by atoms with van der Waals surface area (Å²) in [6, 6.07) is 8.52. The molecule has 116 valence electrons. The van der Waals surface area contributed by atoms with Gasteiger partial charge in [-0.1, -0.05) is 0 Å². The monoisotopic (exact) mass is 482 g/mol. The van der Waals surface area contributed by atoms with E-state index in [9.17, 15) is 0 Å². The third-order valence-corrected chi connectivity index (χ3v) is 10.7. The second-order valence-electron chi connectivity index (χ2n) is 4.51. The Hall–Kier alpha value is -1.05. The maximum absolute atomic E-state index is 5.43. The number of hydrogen-bond donors (Lipinski definition) is 0. The van der Waals surface area contributed by atoms with Crippen molar-refractivity contribution in [1.29, 1.82) is 0 Å². The molecule has 0 fully saturated rings. The molecule has 2 aromatic carbocycles. The zero-order valence-electron chi connectivity index (χ0n) is 12.8. The van der Waals surface area contributed by atoms with Crippen LogP contribution in [0.4, 0.5) is 0 Å². The van der Waals surface area contributed by atoms with Crippen molar-refractivity contribution in [3.8, 4) is 23.0 Å². The van der Waals surface area contributed by atoms with Gasteiger partial charge in [0.05, 0.1) is 0 Å². The molecule has 0 saturated heterocycles. The first-order chi connectivity index (χ1) is 10.7. The summed E-state index contributed by atoms with van der Waals surface area (Å²) in [5, 5.41) is 0. The average Bonchev–Trinajstić information content (AvgIpc) is 2.57. The molecular weight excluding hydrogens is 463 g/mol. The molecule has 0 radical (unpaired) electrons. The van der Waals surface area contributed by atoms with Crippen LogP contribution >= 0.6 is 0 Å². The van der Waals surface area contributed by atoms with E-state index in [1.54, 1.807) is 28.4 Å². The molecule has 0 bridgehead atoms. The fraction of sp³-hybridized carbons (Fsp3) is 0.250. The van der Waals surface area contributed by atoms with Crippen LogP contribution in [0.15, 0.2) is 24.3 Å². The Morgan fingerprint density at radius 1 is 0.636 bits per heavy atom. The first kappa shape index (κ1) is 15.8. The molecule has 0 atom stereocenters. The van der Waals surface area contributed by atoms with Crippen molar-refractivity contribution in [2.45, 2.75) is 0 Å². The van der Waals surface area contributed by atoms with E-state index in [0.29, 0.717) is 0 Å². The number of ether oxygens (including phenoxy) is 4. The Morgan fingerprint density at radius 2 is 1.00 bits per heavy atom. The van der Waals surface area contributed by atoms with Crippen LogP contribution in [-0.2, 0) is 0 Å². The van der Waals surface area contributed by atoms with Gasteiger partial charge in [-0.2, -0.15) is 0 Å². The predicted octanol–water partition coefficient (Wildman–Crippen LogP) is -0.656. The van der Waals surface area contributed by atoms with Crippen molar-refractivity contribution >= 4 is 52.0 Å². The van der Waals surface area contributed by atoms with Gasteiger partial charge >= 0.3 is 147 Å². The van der Waals surface area contributed by atoms with Gasteiger partial charge in [0.25, 0.3) is 0 Å². The molecular formula is C16H16O4SeTe. The zero-order valence-corrected chi connectivity index (χ0v) is 16.8. The molecule has 0 spiro atoms. The van der Waals surface area contributed by atoms with Crippen LogP contribution < -0.4 is 35.1 Å². The van der Waals surface area contributed by atoms with Crippen LogP contribution in [0.3, 0.4) is 0 Å². The normalized spacial score (nSPS) is 12.2. The summed E-state index contributed by atoms with van der Waals surface area (Å²) < 4.78 is 27.3. The van der Waals surface area contributed by atoms with Gasteiger partial charge in [-0.05, 0) is 0 Å².